The number of nitrogens with one attached hydrogen (secondary N) is 2. The highest BCUT2D eigenvalue weighted by molar-refractivity contribution is 7.99. The van der Waals surface area contributed by atoms with Gasteiger partial charge in [-0.1, -0.05) is 24.3 Å². The molecule has 2 N–H and O–H groups in total. The van der Waals surface area contributed by atoms with E-state index in [1.165, 1.54) is 17.0 Å². The fraction of sp³-hybridized carbons (Fsp3) is 0.381. The van der Waals surface area contributed by atoms with Crippen molar-refractivity contribution in [1.82, 2.24) is 10.0 Å². The quantitative estimate of drug-likeness (QED) is 0.444. The molecule has 1 atom stereocenters. The number of amides is 1. The lowest BCUT2D eigenvalue weighted by Crippen LogP contribution is -2.32. The predicted octanol–water partition coefficient (Wildman–Crippen LogP) is 3.06. The zero-order chi connectivity index (χ0) is 20.5. The first-order valence-corrected chi connectivity index (χ1v) is 12.2. The lowest BCUT2D eigenvalue weighted by atomic mass is 10.2. The molecule has 0 radical (unpaired) electrons. The van der Waals surface area contributed by atoms with Crippen molar-refractivity contribution in [3.63, 3.8) is 0 Å². The average Bonchev–Trinajstić information content (AvgIpc) is 3.27. The normalized spacial score (nSPS) is 16.6. The molecule has 0 aromatic heterocycles. The van der Waals surface area contributed by atoms with Gasteiger partial charge in [-0.25, -0.2) is 13.1 Å². The first-order chi connectivity index (χ1) is 14.0. The second kappa shape index (κ2) is 10.8. The lowest BCUT2D eigenvalue weighted by Gasteiger charge is -2.12. The number of hydrogen-bond acceptors (Lipinski definition) is 5. The molecule has 3 rings (SSSR count). The summed E-state index contributed by atoms with van der Waals surface area (Å²) in [4.78, 5) is 13.7. The van der Waals surface area contributed by atoms with Crippen molar-refractivity contribution >= 4 is 27.7 Å². The largest absolute Gasteiger partial charge is 0.377 e. The fourth-order valence-electron chi connectivity index (χ4n) is 2.98. The number of carbonyl (C=O) groups is 1. The van der Waals surface area contributed by atoms with E-state index < -0.39 is 10.0 Å². The Morgan fingerprint density at radius 2 is 1.97 bits per heavy atom. The third kappa shape index (κ3) is 6.85. The molecule has 2 aromatic carbocycles. The SMILES string of the molecule is O=C(NCCCSc1ccccc1)c1cccc(S(=O)(=O)NCC2CCCO2)c1. The van der Waals surface area contributed by atoms with Gasteiger partial charge in [-0.05, 0) is 55.3 Å². The predicted molar refractivity (Wildman–Crippen MR) is 115 cm³/mol. The average molecular weight is 435 g/mol. The molecule has 1 aliphatic heterocycles. The van der Waals surface area contributed by atoms with E-state index in [-0.39, 0.29) is 23.5 Å². The van der Waals surface area contributed by atoms with E-state index in [1.54, 1.807) is 23.9 Å². The second-order valence-electron chi connectivity index (χ2n) is 6.79. The highest BCUT2D eigenvalue weighted by Crippen LogP contribution is 2.17. The Labute approximate surface area is 176 Å². The summed E-state index contributed by atoms with van der Waals surface area (Å²) in [5.41, 5.74) is 0.334. The molecule has 2 aromatic rings. The van der Waals surface area contributed by atoms with Crippen LogP contribution in [-0.4, -0.2) is 45.9 Å². The summed E-state index contributed by atoms with van der Waals surface area (Å²) >= 11 is 1.74. The number of sulfonamides is 1. The number of carbonyl (C=O) groups excluding carboxylic acids is 1. The molecule has 0 saturated carbocycles. The summed E-state index contributed by atoms with van der Waals surface area (Å²) in [6, 6.07) is 16.2. The maximum absolute atomic E-state index is 12.5. The summed E-state index contributed by atoms with van der Waals surface area (Å²) in [7, 11) is -3.68. The van der Waals surface area contributed by atoms with Crippen LogP contribution in [0.25, 0.3) is 0 Å². The highest BCUT2D eigenvalue weighted by atomic mass is 32.2. The van der Waals surface area contributed by atoms with Crippen molar-refractivity contribution in [2.24, 2.45) is 0 Å². The summed E-state index contributed by atoms with van der Waals surface area (Å²) in [5, 5.41) is 2.85. The number of rotatable bonds is 10. The monoisotopic (exact) mass is 434 g/mol. The van der Waals surface area contributed by atoms with Gasteiger partial charge >= 0.3 is 0 Å². The van der Waals surface area contributed by atoms with Crippen LogP contribution in [0.2, 0.25) is 0 Å². The summed E-state index contributed by atoms with van der Waals surface area (Å²) < 4.78 is 33.0. The molecule has 1 saturated heterocycles. The van der Waals surface area contributed by atoms with Crippen LogP contribution in [0.4, 0.5) is 0 Å². The van der Waals surface area contributed by atoms with Crippen LogP contribution in [-0.2, 0) is 14.8 Å². The Morgan fingerprint density at radius 3 is 2.72 bits per heavy atom. The number of ether oxygens (including phenoxy) is 1. The van der Waals surface area contributed by atoms with Gasteiger partial charge in [-0.3, -0.25) is 4.79 Å². The van der Waals surface area contributed by atoms with Crippen LogP contribution in [0.1, 0.15) is 29.6 Å². The van der Waals surface area contributed by atoms with Gasteiger partial charge in [-0.2, -0.15) is 0 Å². The molecule has 1 amide bonds. The second-order valence-corrected chi connectivity index (χ2v) is 9.72. The maximum Gasteiger partial charge on any atom is 0.251 e. The van der Waals surface area contributed by atoms with Gasteiger partial charge in [0.15, 0.2) is 0 Å². The molecular weight excluding hydrogens is 408 g/mol. The molecule has 0 aliphatic carbocycles. The summed E-state index contributed by atoms with van der Waals surface area (Å²) in [6.45, 7) is 1.46. The van der Waals surface area contributed by atoms with Crippen LogP contribution in [0, 0.1) is 0 Å². The minimum absolute atomic E-state index is 0.0787. The zero-order valence-electron chi connectivity index (χ0n) is 16.2. The molecular formula is C21H26N2O4S2. The minimum Gasteiger partial charge on any atom is -0.377 e. The van der Waals surface area contributed by atoms with E-state index in [1.807, 2.05) is 18.2 Å². The van der Waals surface area contributed by atoms with Crippen LogP contribution in [0.3, 0.4) is 0 Å². The molecule has 1 heterocycles. The van der Waals surface area contributed by atoms with Crippen LogP contribution < -0.4 is 10.0 Å². The van der Waals surface area contributed by atoms with Gasteiger partial charge < -0.3 is 10.1 Å². The number of hydrogen-bond donors (Lipinski definition) is 2. The Bertz CT molecular complexity index is 898. The maximum atomic E-state index is 12.5. The number of benzene rings is 2. The van der Waals surface area contributed by atoms with E-state index in [9.17, 15) is 13.2 Å². The Kier molecular flexibility index (Phi) is 8.11. The molecule has 29 heavy (non-hydrogen) atoms. The van der Waals surface area contributed by atoms with Gasteiger partial charge in [0.05, 0.1) is 11.0 Å². The molecule has 1 aliphatic rings. The van der Waals surface area contributed by atoms with Crippen molar-refractivity contribution in [3.8, 4) is 0 Å². The van der Waals surface area contributed by atoms with Gasteiger partial charge in [0, 0.05) is 30.2 Å². The molecule has 8 heteroatoms. The summed E-state index contributed by atoms with van der Waals surface area (Å²) in [5.74, 6) is 0.622. The molecule has 1 fully saturated rings. The van der Waals surface area contributed by atoms with E-state index in [0.717, 1.165) is 25.0 Å². The van der Waals surface area contributed by atoms with Crippen molar-refractivity contribution in [2.75, 3.05) is 25.4 Å². The standard InChI is InChI=1S/C21H26N2O4S2/c24-21(22-12-6-14-28-19-9-2-1-3-10-19)17-7-4-11-20(15-17)29(25,26)23-16-18-8-5-13-27-18/h1-4,7,9-11,15,18,23H,5-6,8,12-14,16H2,(H,22,24). The Balaban J connectivity index is 1.46. The third-order valence-electron chi connectivity index (χ3n) is 4.55. The van der Waals surface area contributed by atoms with Gasteiger partial charge in [0.2, 0.25) is 10.0 Å². The van der Waals surface area contributed by atoms with Crippen LogP contribution >= 0.6 is 11.8 Å². The van der Waals surface area contributed by atoms with Gasteiger partial charge in [0.1, 0.15) is 0 Å². The molecule has 0 spiro atoms. The zero-order valence-corrected chi connectivity index (χ0v) is 17.8. The fourth-order valence-corrected chi connectivity index (χ4v) is 4.96. The van der Waals surface area contributed by atoms with Gasteiger partial charge in [0.25, 0.3) is 5.91 Å². The van der Waals surface area contributed by atoms with Crippen molar-refractivity contribution in [3.05, 3.63) is 60.2 Å². The smallest absolute Gasteiger partial charge is 0.251 e. The number of thioether (sulfide) groups is 1. The van der Waals surface area contributed by atoms with Gasteiger partial charge in [-0.15, -0.1) is 11.8 Å². The topological polar surface area (TPSA) is 84.5 Å². The van der Waals surface area contributed by atoms with E-state index in [0.29, 0.717) is 18.7 Å². The first-order valence-electron chi connectivity index (χ1n) is 9.72. The highest BCUT2D eigenvalue weighted by Gasteiger charge is 2.21. The van der Waals surface area contributed by atoms with Crippen molar-refractivity contribution in [1.29, 1.82) is 0 Å². The Hall–Kier alpha value is -1.87. The minimum atomic E-state index is -3.68. The molecule has 0 bridgehead atoms. The molecule has 1 unspecified atom stereocenters. The van der Waals surface area contributed by atoms with Crippen molar-refractivity contribution < 1.29 is 17.9 Å². The van der Waals surface area contributed by atoms with Crippen LogP contribution in [0.15, 0.2) is 64.4 Å². The Morgan fingerprint density at radius 1 is 1.14 bits per heavy atom. The molecule has 6 nitrogen and oxygen atoms in total. The van der Waals surface area contributed by atoms with E-state index in [2.05, 4.69) is 22.2 Å². The lowest BCUT2D eigenvalue weighted by molar-refractivity contribution is 0.0953. The third-order valence-corrected chi connectivity index (χ3v) is 7.07. The van der Waals surface area contributed by atoms with Crippen LogP contribution in [0.5, 0.6) is 0 Å². The molecule has 156 valence electrons. The van der Waals surface area contributed by atoms with E-state index >= 15 is 0 Å². The summed E-state index contributed by atoms with van der Waals surface area (Å²) in [6.07, 6.45) is 2.55. The first kappa shape index (κ1) is 21.8. The van der Waals surface area contributed by atoms with E-state index in [4.69, 9.17) is 4.74 Å². The van der Waals surface area contributed by atoms with Crippen molar-refractivity contribution in [2.45, 2.75) is 35.2 Å².